The van der Waals surface area contributed by atoms with E-state index < -0.39 is 40.8 Å². The zero-order chi connectivity index (χ0) is 17.5. The van der Waals surface area contributed by atoms with Crippen LogP contribution in [-0.2, 0) is 9.53 Å². The molecular weight excluding hydrogens is 322 g/mol. The SMILES string of the molecule is CN1CCC2(CC1)OCC(C(=O)O)N2C(=O)c1cc(F)ccc1F. The van der Waals surface area contributed by atoms with Gasteiger partial charge in [0.1, 0.15) is 17.4 Å². The van der Waals surface area contributed by atoms with Crippen molar-refractivity contribution in [2.24, 2.45) is 0 Å². The monoisotopic (exact) mass is 340 g/mol. The van der Waals surface area contributed by atoms with Crippen LogP contribution in [0.5, 0.6) is 0 Å². The van der Waals surface area contributed by atoms with Crippen molar-refractivity contribution in [3.63, 3.8) is 0 Å². The molecule has 0 saturated carbocycles. The van der Waals surface area contributed by atoms with Crippen LogP contribution in [0.4, 0.5) is 8.78 Å². The minimum atomic E-state index is -1.23. The molecule has 1 amide bonds. The van der Waals surface area contributed by atoms with Gasteiger partial charge in [-0.15, -0.1) is 0 Å². The van der Waals surface area contributed by atoms with Crippen LogP contribution in [0, 0.1) is 11.6 Å². The number of ether oxygens (including phenoxy) is 1. The van der Waals surface area contributed by atoms with Crippen LogP contribution in [0.1, 0.15) is 23.2 Å². The smallest absolute Gasteiger partial charge is 0.328 e. The van der Waals surface area contributed by atoms with Crippen LogP contribution >= 0.6 is 0 Å². The molecule has 0 radical (unpaired) electrons. The van der Waals surface area contributed by atoms with Crippen LogP contribution in [0.2, 0.25) is 0 Å². The fraction of sp³-hybridized carbons (Fsp3) is 0.500. The third-order valence-corrected chi connectivity index (χ3v) is 4.69. The number of carboxylic acids is 1. The van der Waals surface area contributed by atoms with E-state index in [0.717, 1.165) is 23.1 Å². The van der Waals surface area contributed by atoms with Crippen molar-refractivity contribution in [3.8, 4) is 0 Å². The number of likely N-dealkylation sites (tertiary alicyclic amines) is 1. The molecule has 1 spiro atoms. The minimum absolute atomic E-state index is 0.165. The predicted octanol–water partition coefficient (Wildman–Crippen LogP) is 1.31. The number of hydrogen-bond donors (Lipinski definition) is 1. The van der Waals surface area contributed by atoms with E-state index in [4.69, 9.17) is 4.74 Å². The van der Waals surface area contributed by atoms with E-state index in [1.807, 2.05) is 11.9 Å². The third kappa shape index (κ3) is 2.76. The predicted molar refractivity (Wildman–Crippen MR) is 79.4 cm³/mol. The van der Waals surface area contributed by atoms with Crippen molar-refractivity contribution in [1.29, 1.82) is 0 Å². The first-order valence-electron chi connectivity index (χ1n) is 7.68. The first-order valence-corrected chi connectivity index (χ1v) is 7.68. The Morgan fingerprint density at radius 2 is 1.96 bits per heavy atom. The summed E-state index contributed by atoms with van der Waals surface area (Å²) in [6.07, 6.45) is 0.825. The molecular formula is C16H18F2N2O4. The normalized spacial score (nSPS) is 23.6. The maximum Gasteiger partial charge on any atom is 0.328 e. The topological polar surface area (TPSA) is 70.1 Å². The molecule has 130 valence electrons. The quantitative estimate of drug-likeness (QED) is 0.879. The second kappa shape index (κ2) is 6.10. The minimum Gasteiger partial charge on any atom is -0.480 e. The second-order valence-corrected chi connectivity index (χ2v) is 6.21. The molecule has 1 atom stereocenters. The van der Waals surface area contributed by atoms with Gasteiger partial charge in [-0.2, -0.15) is 0 Å². The largest absolute Gasteiger partial charge is 0.480 e. The molecule has 2 fully saturated rings. The van der Waals surface area contributed by atoms with Crippen molar-refractivity contribution < 1.29 is 28.2 Å². The van der Waals surface area contributed by atoms with Crippen LogP contribution in [0.15, 0.2) is 18.2 Å². The van der Waals surface area contributed by atoms with Gasteiger partial charge in [0.2, 0.25) is 0 Å². The van der Waals surface area contributed by atoms with E-state index in [9.17, 15) is 23.5 Å². The van der Waals surface area contributed by atoms with Crippen LogP contribution in [-0.4, -0.2) is 65.3 Å². The number of carbonyl (C=O) groups excluding carboxylic acids is 1. The molecule has 1 aromatic rings. The summed E-state index contributed by atoms with van der Waals surface area (Å²) in [5, 5.41) is 9.42. The Morgan fingerprint density at radius 3 is 2.58 bits per heavy atom. The highest BCUT2D eigenvalue weighted by molar-refractivity contribution is 5.97. The fourth-order valence-electron chi connectivity index (χ4n) is 3.31. The average molecular weight is 340 g/mol. The van der Waals surface area contributed by atoms with Crippen molar-refractivity contribution >= 4 is 11.9 Å². The number of hydrogen-bond acceptors (Lipinski definition) is 4. The number of piperidine rings is 1. The summed E-state index contributed by atoms with van der Waals surface area (Å²) in [6, 6.07) is 1.34. The van der Waals surface area contributed by atoms with Gasteiger partial charge in [-0.25, -0.2) is 13.6 Å². The van der Waals surface area contributed by atoms with Gasteiger partial charge in [0.25, 0.3) is 5.91 Å². The Kier molecular flexibility index (Phi) is 4.27. The van der Waals surface area contributed by atoms with Gasteiger partial charge in [-0.05, 0) is 25.2 Å². The Bertz CT molecular complexity index is 674. The molecule has 2 aliphatic heterocycles. The van der Waals surface area contributed by atoms with Crippen LogP contribution in [0.3, 0.4) is 0 Å². The Labute approximate surface area is 137 Å². The summed E-state index contributed by atoms with van der Waals surface area (Å²) >= 11 is 0. The van der Waals surface area contributed by atoms with Gasteiger partial charge in [0.15, 0.2) is 6.04 Å². The van der Waals surface area contributed by atoms with Crippen LogP contribution < -0.4 is 0 Å². The molecule has 24 heavy (non-hydrogen) atoms. The number of carbonyl (C=O) groups is 2. The number of rotatable bonds is 2. The highest BCUT2D eigenvalue weighted by Crippen LogP contribution is 2.38. The lowest BCUT2D eigenvalue weighted by Crippen LogP contribution is -2.57. The van der Waals surface area contributed by atoms with E-state index in [0.29, 0.717) is 25.9 Å². The lowest BCUT2D eigenvalue weighted by molar-refractivity contribution is -0.143. The molecule has 0 aliphatic carbocycles. The first-order chi connectivity index (χ1) is 11.3. The van der Waals surface area contributed by atoms with E-state index in [-0.39, 0.29) is 6.61 Å². The Hall–Kier alpha value is -2.06. The van der Waals surface area contributed by atoms with E-state index in [1.54, 1.807) is 0 Å². The molecule has 8 heteroatoms. The summed E-state index contributed by atoms with van der Waals surface area (Å²) in [4.78, 5) is 27.5. The molecule has 1 N–H and O–H groups in total. The molecule has 2 saturated heterocycles. The standard InChI is InChI=1S/C16H18F2N2O4/c1-19-6-4-16(5-7-19)20(13(9-24-16)15(22)23)14(21)11-8-10(17)2-3-12(11)18/h2-3,8,13H,4-7,9H2,1H3,(H,22,23). The van der Waals surface area contributed by atoms with Crippen LogP contribution in [0.25, 0.3) is 0 Å². The Balaban J connectivity index is 2.00. The van der Waals surface area contributed by atoms with Gasteiger partial charge in [0.05, 0.1) is 12.2 Å². The first kappa shape index (κ1) is 16.8. The second-order valence-electron chi connectivity index (χ2n) is 6.21. The molecule has 3 rings (SSSR count). The molecule has 2 aliphatic rings. The number of aliphatic carboxylic acids is 1. The lowest BCUT2D eigenvalue weighted by atomic mass is 9.97. The lowest BCUT2D eigenvalue weighted by Gasteiger charge is -2.43. The van der Waals surface area contributed by atoms with Gasteiger partial charge in [-0.3, -0.25) is 9.69 Å². The maximum absolute atomic E-state index is 14.0. The molecule has 2 heterocycles. The third-order valence-electron chi connectivity index (χ3n) is 4.69. The van der Waals surface area contributed by atoms with E-state index >= 15 is 0 Å². The number of benzene rings is 1. The van der Waals surface area contributed by atoms with Gasteiger partial charge >= 0.3 is 5.97 Å². The fourth-order valence-corrected chi connectivity index (χ4v) is 3.31. The van der Waals surface area contributed by atoms with Crippen molar-refractivity contribution in [2.45, 2.75) is 24.6 Å². The van der Waals surface area contributed by atoms with Gasteiger partial charge in [-0.1, -0.05) is 0 Å². The van der Waals surface area contributed by atoms with E-state index in [2.05, 4.69) is 0 Å². The summed E-state index contributed by atoms with van der Waals surface area (Å²) < 4.78 is 33.2. The summed E-state index contributed by atoms with van der Waals surface area (Å²) in [5.41, 5.74) is -1.57. The Morgan fingerprint density at radius 1 is 1.29 bits per heavy atom. The molecule has 1 unspecified atom stereocenters. The van der Waals surface area contributed by atoms with Crippen molar-refractivity contribution in [3.05, 3.63) is 35.4 Å². The van der Waals surface area contributed by atoms with E-state index in [1.165, 1.54) is 0 Å². The van der Waals surface area contributed by atoms with Gasteiger partial charge in [0, 0.05) is 25.9 Å². The zero-order valence-corrected chi connectivity index (χ0v) is 13.2. The summed E-state index contributed by atoms with van der Waals surface area (Å²) in [6.45, 7) is 1.06. The molecule has 1 aromatic carbocycles. The molecule has 0 bridgehead atoms. The number of halogens is 2. The average Bonchev–Trinajstić information content (AvgIpc) is 2.91. The molecule has 6 nitrogen and oxygen atoms in total. The summed E-state index contributed by atoms with van der Waals surface area (Å²) in [5.74, 6) is -3.73. The number of amides is 1. The number of carboxylic acid groups (broad SMARTS) is 1. The maximum atomic E-state index is 14.0. The number of nitrogens with zero attached hydrogens (tertiary/aromatic N) is 2. The van der Waals surface area contributed by atoms with Crippen molar-refractivity contribution in [1.82, 2.24) is 9.80 Å². The van der Waals surface area contributed by atoms with Crippen molar-refractivity contribution in [2.75, 3.05) is 26.7 Å². The zero-order valence-electron chi connectivity index (χ0n) is 13.2. The van der Waals surface area contributed by atoms with Gasteiger partial charge < -0.3 is 14.7 Å². The highest BCUT2D eigenvalue weighted by atomic mass is 19.1. The molecule has 0 aromatic heterocycles. The highest BCUT2D eigenvalue weighted by Gasteiger charge is 2.54. The summed E-state index contributed by atoms with van der Waals surface area (Å²) in [7, 11) is 1.91.